The van der Waals surface area contributed by atoms with Gasteiger partial charge in [-0.15, -0.1) is 11.8 Å². The summed E-state index contributed by atoms with van der Waals surface area (Å²) < 4.78 is 1.62. The van der Waals surface area contributed by atoms with E-state index in [0.717, 1.165) is 18.5 Å². The molecule has 1 aromatic rings. The second-order valence-corrected chi connectivity index (χ2v) is 6.68. The van der Waals surface area contributed by atoms with Crippen LogP contribution in [0.3, 0.4) is 0 Å². The summed E-state index contributed by atoms with van der Waals surface area (Å²) in [4.78, 5) is 35.0. The Bertz CT molecular complexity index is 611. The Labute approximate surface area is 140 Å². The quantitative estimate of drug-likeness (QED) is 0.731. The van der Waals surface area contributed by atoms with Gasteiger partial charge in [-0.05, 0) is 32.3 Å². The highest BCUT2D eigenvalue weighted by Crippen LogP contribution is 2.18. The minimum absolute atomic E-state index is 0.000961. The molecule has 1 aliphatic rings. The van der Waals surface area contributed by atoms with Gasteiger partial charge in [-0.3, -0.25) is 14.4 Å². The largest absolute Gasteiger partial charge is 0.354 e. The van der Waals surface area contributed by atoms with Crippen LogP contribution in [0.15, 0.2) is 23.0 Å². The molecule has 0 atom stereocenters. The van der Waals surface area contributed by atoms with E-state index >= 15 is 0 Å². The predicted octanol–water partition coefficient (Wildman–Crippen LogP) is 0.675. The topological polar surface area (TPSA) is 80.2 Å². The third-order valence-corrected chi connectivity index (χ3v) is 4.79. The van der Waals surface area contributed by atoms with Crippen LogP contribution in [0.1, 0.15) is 25.0 Å². The van der Waals surface area contributed by atoms with Gasteiger partial charge in [0.1, 0.15) is 0 Å². The lowest BCUT2D eigenvalue weighted by atomic mass is 9.93. The molecule has 1 heterocycles. The first-order chi connectivity index (χ1) is 11.1. The van der Waals surface area contributed by atoms with Crippen molar-refractivity contribution in [3.63, 3.8) is 0 Å². The number of aryl methyl sites for hydroxylation is 1. The number of carbonyl (C=O) groups is 2. The molecule has 0 spiro atoms. The molecule has 6 nitrogen and oxygen atoms in total. The number of carbonyl (C=O) groups excluding carboxylic acids is 2. The molecule has 1 saturated carbocycles. The summed E-state index contributed by atoms with van der Waals surface area (Å²) in [6, 6.07) is 5.42. The highest BCUT2D eigenvalue weighted by molar-refractivity contribution is 8.00. The fourth-order valence-electron chi connectivity index (χ4n) is 2.33. The highest BCUT2D eigenvalue weighted by atomic mass is 32.2. The molecular weight excluding hydrogens is 314 g/mol. The molecule has 0 bridgehead atoms. The van der Waals surface area contributed by atoms with Crippen molar-refractivity contribution in [2.45, 2.75) is 38.8 Å². The van der Waals surface area contributed by atoms with Gasteiger partial charge in [0.05, 0.1) is 11.5 Å². The van der Waals surface area contributed by atoms with Crippen LogP contribution in [0.5, 0.6) is 0 Å². The van der Waals surface area contributed by atoms with Crippen molar-refractivity contribution in [3.05, 3.63) is 34.2 Å². The van der Waals surface area contributed by atoms with Crippen molar-refractivity contribution in [3.8, 4) is 0 Å². The van der Waals surface area contributed by atoms with Crippen molar-refractivity contribution >= 4 is 23.6 Å². The van der Waals surface area contributed by atoms with Gasteiger partial charge in [-0.2, -0.15) is 0 Å². The first kappa shape index (κ1) is 17.6. The number of aromatic nitrogens is 1. The van der Waals surface area contributed by atoms with E-state index in [9.17, 15) is 14.4 Å². The predicted molar refractivity (Wildman–Crippen MR) is 91.6 cm³/mol. The van der Waals surface area contributed by atoms with Gasteiger partial charge in [0, 0.05) is 30.9 Å². The summed E-state index contributed by atoms with van der Waals surface area (Å²) in [6.45, 7) is 2.71. The van der Waals surface area contributed by atoms with Gasteiger partial charge in [0.2, 0.25) is 11.8 Å². The summed E-state index contributed by atoms with van der Waals surface area (Å²) in [5, 5.41) is 5.71. The smallest absolute Gasteiger partial charge is 0.250 e. The Morgan fingerprint density at radius 1 is 1.26 bits per heavy atom. The zero-order chi connectivity index (χ0) is 16.7. The zero-order valence-electron chi connectivity index (χ0n) is 13.3. The molecule has 0 saturated heterocycles. The monoisotopic (exact) mass is 337 g/mol. The van der Waals surface area contributed by atoms with Crippen molar-refractivity contribution in [2.75, 3.05) is 18.1 Å². The number of nitrogens with one attached hydrogen (secondary N) is 2. The van der Waals surface area contributed by atoms with Crippen LogP contribution in [0, 0.1) is 6.92 Å². The molecule has 0 aromatic carbocycles. The fraction of sp³-hybridized carbons (Fsp3) is 0.562. The molecule has 0 unspecified atom stereocenters. The summed E-state index contributed by atoms with van der Waals surface area (Å²) in [5.41, 5.74) is 0.801. The van der Waals surface area contributed by atoms with Gasteiger partial charge < -0.3 is 15.2 Å². The van der Waals surface area contributed by atoms with E-state index in [0.29, 0.717) is 24.9 Å². The zero-order valence-corrected chi connectivity index (χ0v) is 14.2. The van der Waals surface area contributed by atoms with Crippen LogP contribution >= 0.6 is 11.8 Å². The molecule has 1 aliphatic carbocycles. The van der Waals surface area contributed by atoms with Gasteiger partial charge in [-0.25, -0.2) is 0 Å². The maximum Gasteiger partial charge on any atom is 0.250 e. The number of nitrogens with zero attached hydrogens (tertiary/aromatic N) is 1. The van der Waals surface area contributed by atoms with Crippen LogP contribution < -0.4 is 16.2 Å². The summed E-state index contributed by atoms with van der Waals surface area (Å²) >= 11 is 1.31. The molecule has 2 rings (SSSR count). The van der Waals surface area contributed by atoms with Crippen LogP contribution in [-0.4, -0.2) is 40.5 Å². The molecule has 23 heavy (non-hydrogen) atoms. The van der Waals surface area contributed by atoms with Gasteiger partial charge in [-0.1, -0.05) is 6.07 Å². The number of amides is 2. The van der Waals surface area contributed by atoms with E-state index in [-0.39, 0.29) is 23.1 Å². The number of hydrogen-bond donors (Lipinski definition) is 2. The van der Waals surface area contributed by atoms with E-state index in [1.165, 1.54) is 24.2 Å². The van der Waals surface area contributed by atoms with Crippen LogP contribution in [0.25, 0.3) is 0 Å². The van der Waals surface area contributed by atoms with Gasteiger partial charge >= 0.3 is 0 Å². The van der Waals surface area contributed by atoms with Crippen LogP contribution in [0.4, 0.5) is 0 Å². The average Bonchev–Trinajstić information content (AvgIpc) is 2.46. The first-order valence-corrected chi connectivity index (χ1v) is 9.02. The maximum atomic E-state index is 11.7. The Hall–Kier alpha value is -1.76. The van der Waals surface area contributed by atoms with E-state index in [2.05, 4.69) is 10.6 Å². The summed E-state index contributed by atoms with van der Waals surface area (Å²) in [6.07, 6.45) is 3.31. The fourth-order valence-corrected chi connectivity index (χ4v) is 2.98. The summed E-state index contributed by atoms with van der Waals surface area (Å²) in [7, 11) is 0. The first-order valence-electron chi connectivity index (χ1n) is 7.86. The number of hydrogen-bond acceptors (Lipinski definition) is 4. The van der Waals surface area contributed by atoms with E-state index < -0.39 is 0 Å². The van der Waals surface area contributed by atoms with Gasteiger partial charge in [0.25, 0.3) is 5.56 Å². The SMILES string of the molecule is Cc1cccc(=O)n1CCNC(=O)CSCC(=O)NC1CCC1. The number of rotatable bonds is 8. The Morgan fingerprint density at radius 3 is 2.65 bits per heavy atom. The van der Waals surface area contributed by atoms with E-state index in [4.69, 9.17) is 0 Å². The standard InChI is InChI=1S/C16H23N3O3S/c1-12-4-2-7-16(22)19(12)9-8-17-14(20)10-23-11-15(21)18-13-5-3-6-13/h2,4,7,13H,3,5-6,8-11H2,1H3,(H,17,20)(H,18,21). The van der Waals surface area contributed by atoms with Crippen molar-refractivity contribution < 1.29 is 9.59 Å². The molecule has 1 fully saturated rings. The Morgan fingerprint density at radius 2 is 2.00 bits per heavy atom. The van der Waals surface area contributed by atoms with Crippen molar-refractivity contribution in [1.29, 1.82) is 0 Å². The normalized spacial score (nSPS) is 14.1. The highest BCUT2D eigenvalue weighted by Gasteiger charge is 2.19. The molecular formula is C16H23N3O3S. The minimum atomic E-state index is -0.118. The van der Waals surface area contributed by atoms with E-state index in [1.54, 1.807) is 10.6 Å². The Balaban J connectivity index is 1.59. The van der Waals surface area contributed by atoms with Crippen LogP contribution in [0.2, 0.25) is 0 Å². The molecule has 2 amide bonds. The lowest BCUT2D eigenvalue weighted by Gasteiger charge is -2.26. The lowest BCUT2D eigenvalue weighted by Crippen LogP contribution is -2.40. The van der Waals surface area contributed by atoms with Gasteiger partial charge in [0.15, 0.2) is 0 Å². The van der Waals surface area contributed by atoms with Crippen molar-refractivity contribution in [1.82, 2.24) is 15.2 Å². The maximum absolute atomic E-state index is 11.7. The molecule has 2 N–H and O–H groups in total. The summed E-state index contributed by atoms with van der Waals surface area (Å²) in [5.74, 6) is 0.439. The molecule has 0 radical (unpaired) electrons. The van der Waals surface area contributed by atoms with Crippen molar-refractivity contribution in [2.24, 2.45) is 0 Å². The third kappa shape index (κ3) is 5.74. The Kier molecular flexibility index (Phi) is 6.70. The molecule has 0 aliphatic heterocycles. The number of pyridine rings is 1. The lowest BCUT2D eigenvalue weighted by molar-refractivity contribution is -0.119. The second-order valence-electron chi connectivity index (χ2n) is 5.70. The second kappa shape index (κ2) is 8.76. The molecule has 7 heteroatoms. The molecule has 126 valence electrons. The molecule has 1 aromatic heterocycles. The van der Waals surface area contributed by atoms with Crippen LogP contribution in [-0.2, 0) is 16.1 Å². The number of thioether (sulfide) groups is 1. The van der Waals surface area contributed by atoms with E-state index in [1.807, 2.05) is 13.0 Å². The average molecular weight is 337 g/mol. The third-order valence-electron chi connectivity index (χ3n) is 3.86. The minimum Gasteiger partial charge on any atom is -0.354 e.